The Kier molecular flexibility index (Phi) is 2.82. The molecule has 2 bridgehead atoms. The average molecular weight is 270 g/mol. The van der Waals surface area contributed by atoms with Crippen LogP contribution in [0.5, 0.6) is 5.75 Å². The van der Waals surface area contributed by atoms with E-state index in [1.165, 1.54) is 0 Å². The normalized spacial score (nSPS) is 32.9. The molecule has 1 aromatic rings. The number of carbonyl (C=O) groups excluding carboxylic acids is 1. The van der Waals surface area contributed by atoms with E-state index in [4.69, 9.17) is 4.74 Å². The van der Waals surface area contributed by atoms with Crippen molar-refractivity contribution in [1.82, 2.24) is 0 Å². The molecule has 20 heavy (non-hydrogen) atoms. The first-order chi connectivity index (χ1) is 9.40. The van der Waals surface area contributed by atoms with E-state index in [2.05, 4.69) is 26.8 Å². The molecule has 2 heteroatoms. The summed E-state index contributed by atoms with van der Waals surface area (Å²) in [5.41, 5.74) is 2.02. The van der Waals surface area contributed by atoms with Gasteiger partial charge in [0, 0.05) is 5.41 Å². The zero-order chi connectivity index (χ0) is 14.5. The molecule has 3 rings (SSSR count). The molecule has 0 N–H and O–H groups in total. The molecular weight excluding hydrogens is 248 g/mol. The Hall–Kier alpha value is -1.57. The molecule has 0 saturated heterocycles. The van der Waals surface area contributed by atoms with Gasteiger partial charge in [0.25, 0.3) is 0 Å². The summed E-state index contributed by atoms with van der Waals surface area (Å²) in [5, 5.41) is 0. The van der Waals surface area contributed by atoms with Gasteiger partial charge < -0.3 is 4.74 Å². The second kappa shape index (κ2) is 4.21. The number of carbonyl (C=O) groups is 1. The van der Waals surface area contributed by atoms with E-state index in [-0.39, 0.29) is 10.8 Å². The third kappa shape index (κ3) is 1.60. The predicted molar refractivity (Wildman–Crippen MR) is 80.6 cm³/mol. The molecule has 0 aromatic heterocycles. The van der Waals surface area contributed by atoms with Crippen LogP contribution in [0.15, 0.2) is 29.8 Å². The van der Waals surface area contributed by atoms with Gasteiger partial charge in [0.15, 0.2) is 5.78 Å². The molecule has 0 unspecified atom stereocenters. The highest BCUT2D eigenvalue weighted by Crippen LogP contribution is 2.65. The molecule has 0 spiro atoms. The SMILES string of the molecule is COc1ccc(/C=C2\C(=O)[C@]3(C)CC[C@H]2C3(C)C)cc1. The smallest absolute Gasteiger partial charge is 0.165 e. The van der Waals surface area contributed by atoms with E-state index >= 15 is 0 Å². The second-order valence-electron chi connectivity index (χ2n) is 6.85. The summed E-state index contributed by atoms with van der Waals surface area (Å²) in [6.07, 6.45) is 4.25. The van der Waals surface area contributed by atoms with Gasteiger partial charge in [0.1, 0.15) is 5.75 Å². The first-order valence-corrected chi connectivity index (χ1v) is 7.30. The topological polar surface area (TPSA) is 26.3 Å². The molecule has 2 atom stereocenters. The molecule has 0 aliphatic heterocycles. The van der Waals surface area contributed by atoms with E-state index in [1.54, 1.807) is 7.11 Å². The standard InChI is InChI=1S/C18H22O2/c1-17(2)15-9-10-18(17,3)16(19)14(15)11-12-5-7-13(20-4)8-6-12/h5-8,11,15H,9-10H2,1-4H3/b14-11-/t15-,18+/m1/s1. The zero-order valence-corrected chi connectivity index (χ0v) is 12.7. The molecule has 0 radical (unpaired) electrons. The quantitative estimate of drug-likeness (QED) is 0.756. The van der Waals surface area contributed by atoms with Crippen LogP contribution in [0, 0.1) is 16.7 Å². The van der Waals surface area contributed by atoms with Crippen molar-refractivity contribution in [3.8, 4) is 5.75 Å². The largest absolute Gasteiger partial charge is 0.497 e. The van der Waals surface area contributed by atoms with Crippen LogP contribution in [0.2, 0.25) is 0 Å². The summed E-state index contributed by atoms with van der Waals surface area (Å²) >= 11 is 0. The first-order valence-electron chi connectivity index (χ1n) is 7.30. The summed E-state index contributed by atoms with van der Waals surface area (Å²) in [6, 6.07) is 7.91. The van der Waals surface area contributed by atoms with Gasteiger partial charge in [-0.3, -0.25) is 4.79 Å². The van der Waals surface area contributed by atoms with Crippen LogP contribution in [0.4, 0.5) is 0 Å². The molecule has 2 fully saturated rings. The lowest BCUT2D eigenvalue weighted by Crippen LogP contribution is -2.32. The van der Waals surface area contributed by atoms with Crippen molar-refractivity contribution in [1.29, 1.82) is 0 Å². The Morgan fingerprint density at radius 3 is 2.35 bits per heavy atom. The Morgan fingerprint density at radius 1 is 1.20 bits per heavy atom. The van der Waals surface area contributed by atoms with E-state index in [0.717, 1.165) is 29.7 Å². The summed E-state index contributed by atoms with van der Waals surface area (Å²) in [7, 11) is 1.66. The molecule has 2 nitrogen and oxygen atoms in total. The van der Waals surface area contributed by atoms with Gasteiger partial charge in [-0.15, -0.1) is 0 Å². The van der Waals surface area contributed by atoms with Gasteiger partial charge in [-0.1, -0.05) is 32.9 Å². The third-order valence-electron chi connectivity index (χ3n) is 5.80. The van der Waals surface area contributed by atoms with Crippen LogP contribution in [0.25, 0.3) is 6.08 Å². The maximum atomic E-state index is 12.7. The maximum absolute atomic E-state index is 12.7. The van der Waals surface area contributed by atoms with Gasteiger partial charge in [-0.25, -0.2) is 0 Å². The van der Waals surface area contributed by atoms with Crippen LogP contribution >= 0.6 is 0 Å². The molecule has 0 heterocycles. The second-order valence-corrected chi connectivity index (χ2v) is 6.85. The zero-order valence-electron chi connectivity index (χ0n) is 12.7. The number of ketones is 1. The lowest BCUT2D eigenvalue weighted by Gasteiger charge is -2.31. The Morgan fingerprint density at radius 2 is 1.85 bits per heavy atom. The van der Waals surface area contributed by atoms with Crippen LogP contribution in [0.1, 0.15) is 39.2 Å². The van der Waals surface area contributed by atoms with Crippen molar-refractivity contribution in [2.45, 2.75) is 33.6 Å². The fraction of sp³-hybridized carbons (Fsp3) is 0.500. The number of allylic oxidation sites excluding steroid dienone is 1. The summed E-state index contributed by atoms with van der Waals surface area (Å²) in [4.78, 5) is 12.7. The van der Waals surface area contributed by atoms with Crippen molar-refractivity contribution in [3.05, 3.63) is 35.4 Å². The minimum absolute atomic E-state index is 0.0857. The minimum Gasteiger partial charge on any atom is -0.497 e. The fourth-order valence-corrected chi connectivity index (χ4v) is 3.97. The van der Waals surface area contributed by atoms with Crippen LogP contribution in [-0.2, 0) is 4.79 Å². The number of ether oxygens (including phenoxy) is 1. The number of hydrogen-bond donors (Lipinski definition) is 0. The van der Waals surface area contributed by atoms with Crippen LogP contribution in [-0.4, -0.2) is 12.9 Å². The predicted octanol–water partition coefficient (Wildman–Crippen LogP) is 4.10. The van der Waals surface area contributed by atoms with Crippen LogP contribution in [0.3, 0.4) is 0 Å². The van der Waals surface area contributed by atoms with Crippen molar-refractivity contribution < 1.29 is 9.53 Å². The molecule has 2 aliphatic rings. The van der Waals surface area contributed by atoms with Crippen molar-refractivity contribution >= 4 is 11.9 Å². The van der Waals surface area contributed by atoms with Crippen molar-refractivity contribution in [2.75, 3.05) is 7.11 Å². The Balaban J connectivity index is 1.99. The number of methoxy groups -OCH3 is 1. The molecular formula is C18H22O2. The number of Topliss-reactive ketones (excluding diaryl/α,β-unsaturated/α-hetero) is 1. The Bertz CT molecular complexity index is 580. The van der Waals surface area contributed by atoms with E-state index < -0.39 is 0 Å². The maximum Gasteiger partial charge on any atom is 0.165 e. The first kappa shape index (κ1) is 13.4. The fourth-order valence-electron chi connectivity index (χ4n) is 3.97. The number of benzene rings is 1. The third-order valence-corrected chi connectivity index (χ3v) is 5.80. The molecule has 1 aromatic carbocycles. The summed E-state index contributed by atoms with van der Waals surface area (Å²) < 4.78 is 5.17. The number of rotatable bonds is 2. The highest BCUT2D eigenvalue weighted by Gasteiger charge is 2.63. The van der Waals surface area contributed by atoms with Gasteiger partial charge in [-0.2, -0.15) is 0 Å². The highest BCUT2D eigenvalue weighted by atomic mass is 16.5. The number of hydrogen-bond acceptors (Lipinski definition) is 2. The molecule has 2 aliphatic carbocycles. The summed E-state index contributed by atoms with van der Waals surface area (Å²) in [6.45, 7) is 6.64. The molecule has 2 saturated carbocycles. The summed E-state index contributed by atoms with van der Waals surface area (Å²) in [5.74, 6) is 1.61. The van der Waals surface area contributed by atoms with Gasteiger partial charge in [-0.05, 0) is 53.5 Å². The monoisotopic (exact) mass is 270 g/mol. The minimum atomic E-state index is -0.171. The van der Waals surface area contributed by atoms with Gasteiger partial charge in [0.05, 0.1) is 7.11 Å². The Labute approximate surface area is 120 Å². The van der Waals surface area contributed by atoms with Crippen molar-refractivity contribution in [3.63, 3.8) is 0 Å². The van der Waals surface area contributed by atoms with Gasteiger partial charge in [0.2, 0.25) is 0 Å². The lowest BCUT2D eigenvalue weighted by molar-refractivity contribution is -0.125. The highest BCUT2D eigenvalue weighted by molar-refractivity contribution is 6.07. The lowest BCUT2D eigenvalue weighted by atomic mass is 9.70. The van der Waals surface area contributed by atoms with Crippen molar-refractivity contribution in [2.24, 2.45) is 16.7 Å². The van der Waals surface area contributed by atoms with E-state index in [9.17, 15) is 4.79 Å². The molecule has 106 valence electrons. The molecule has 0 amide bonds. The van der Waals surface area contributed by atoms with E-state index in [1.807, 2.05) is 24.3 Å². The average Bonchev–Trinajstić information content (AvgIpc) is 2.74. The van der Waals surface area contributed by atoms with Crippen LogP contribution < -0.4 is 4.74 Å². The number of fused-ring (bicyclic) bond motifs is 2. The van der Waals surface area contributed by atoms with Gasteiger partial charge >= 0.3 is 0 Å². The van der Waals surface area contributed by atoms with E-state index in [0.29, 0.717) is 11.7 Å².